The van der Waals surface area contributed by atoms with Crippen molar-refractivity contribution in [2.24, 2.45) is 0 Å². The lowest BCUT2D eigenvalue weighted by atomic mass is 10.2. The quantitative estimate of drug-likeness (QED) is 0.847. The number of nitrogens with zero attached hydrogens (tertiary/aromatic N) is 3. The Morgan fingerprint density at radius 3 is 2.68 bits per heavy atom. The summed E-state index contributed by atoms with van der Waals surface area (Å²) in [5, 5.41) is 5.93. The van der Waals surface area contributed by atoms with Crippen LogP contribution in [0.4, 0.5) is 11.6 Å². The van der Waals surface area contributed by atoms with Crippen LogP contribution >= 0.6 is 0 Å². The van der Waals surface area contributed by atoms with Crippen LogP contribution in [0.5, 0.6) is 0 Å². The molecule has 1 fully saturated rings. The summed E-state index contributed by atoms with van der Waals surface area (Å²) in [6.07, 6.45) is 0. The molecule has 104 valence electrons. The van der Waals surface area contributed by atoms with Gasteiger partial charge in [-0.2, -0.15) is 0 Å². The van der Waals surface area contributed by atoms with E-state index in [0.29, 0.717) is 13.1 Å². The zero-order valence-corrected chi connectivity index (χ0v) is 11.9. The number of aromatic nitrogens is 2. The molecule has 2 heterocycles. The van der Waals surface area contributed by atoms with Crippen LogP contribution in [0, 0.1) is 6.92 Å². The molecule has 0 saturated carbocycles. The average molecular weight is 263 g/mol. The molecule has 1 aliphatic heterocycles. The first kappa shape index (κ1) is 13.6. The van der Waals surface area contributed by atoms with E-state index in [1.807, 2.05) is 18.9 Å². The van der Waals surface area contributed by atoms with Crippen molar-refractivity contribution < 1.29 is 4.79 Å². The molecule has 0 bridgehead atoms. The normalized spacial score (nSPS) is 15.6. The van der Waals surface area contributed by atoms with Crippen LogP contribution < -0.4 is 15.5 Å². The summed E-state index contributed by atoms with van der Waals surface area (Å²) >= 11 is 0. The molecule has 1 aromatic heterocycles. The molecule has 0 spiro atoms. The monoisotopic (exact) mass is 263 g/mol. The van der Waals surface area contributed by atoms with Gasteiger partial charge in [-0.3, -0.25) is 4.79 Å². The van der Waals surface area contributed by atoms with E-state index in [1.165, 1.54) is 0 Å². The lowest BCUT2D eigenvalue weighted by Gasteiger charge is -2.29. The minimum atomic E-state index is 0.0429. The minimum Gasteiger partial charge on any atom is -0.373 e. The highest BCUT2D eigenvalue weighted by Gasteiger charge is 2.22. The maximum absolute atomic E-state index is 11.5. The van der Waals surface area contributed by atoms with E-state index < -0.39 is 0 Å². The number of piperazine rings is 1. The van der Waals surface area contributed by atoms with Crippen molar-refractivity contribution in [1.29, 1.82) is 0 Å². The number of hydrogen-bond donors (Lipinski definition) is 2. The molecule has 0 unspecified atom stereocenters. The fourth-order valence-corrected chi connectivity index (χ4v) is 2.15. The molecular formula is C13H21N5O. The van der Waals surface area contributed by atoms with Gasteiger partial charge in [-0.05, 0) is 6.92 Å². The molecule has 6 heteroatoms. The van der Waals surface area contributed by atoms with Crippen molar-refractivity contribution in [2.75, 3.05) is 36.9 Å². The van der Waals surface area contributed by atoms with Gasteiger partial charge in [0.05, 0.1) is 6.54 Å². The Morgan fingerprint density at radius 2 is 2.11 bits per heavy atom. The van der Waals surface area contributed by atoms with Crippen LogP contribution in [0.15, 0.2) is 0 Å². The van der Waals surface area contributed by atoms with Crippen molar-refractivity contribution in [1.82, 2.24) is 15.3 Å². The molecule has 0 radical (unpaired) electrons. The first-order valence-corrected chi connectivity index (χ1v) is 6.61. The second kappa shape index (κ2) is 5.42. The number of amides is 1. The summed E-state index contributed by atoms with van der Waals surface area (Å²) in [6.45, 7) is 7.92. The Kier molecular flexibility index (Phi) is 3.87. The van der Waals surface area contributed by atoms with Gasteiger partial charge in [0.1, 0.15) is 17.5 Å². The Hall–Kier alpha value is -1.85. The molecule has 0 aromatic carbocycles. The topological polar surface area (TPSA) is 70.2 Å². The predicted molar refractivity (Wildman–Crippen MR) is 75.6 cm³/mol. The standard InChI is InChI=1S/C13H21N5O/c1-8(2)11-16-12(14-4)9(3)13(17-11)18-6-5-15-10(19)7-18/h8H,5-7H2,1-4H3,(H,15,19)(H,14,16,17). The summed E-state index contributed by atoms with van der Waals surface area (Å²) in [5.74, 6) is 2.79. The highest BCUT2D eigenvalue weighted by molar-refractivity contribution is 5.82. The van der Waals surface area contributed by atoms with Crippen molar-refractivity contribution in [3.63, 3.8) is 0 Å². The zero-order chi connectivity index (χ0) is 14.0. The van der Waals surface area contributed by atoms with Gasteiger partial charge in [-0.1, -0.05) is 13.8 Å². The van der Waals surface area contributed by atoms with Crippen molar-refractivity contribution >= 4 is 17.5 Å². The summed E-state index contributed by atoms with van der Waals surface area (Å²) in [4.78, 5) is 22.7. The Morgan fingerprint density at radius 1 is 1.37 bits per heavy atom. The molecule has 2 N–H and O–H groups in total. The van der Waals surface area contributed by atoms with Crippen LogP contribution in [0.25, 0.3) is 0 Å². The van der Waals surface area contributed by atoms with Gasteiger partial charge in [-0.15, -0.1) is 0 Å². The van der Waals surface area contributed by atoms with Crippen molar-refractivity contribution in [3.8, 4) is 0 Å². The molecule has 6 nitrogen and oxygen atoms in total. The molecule has 1 amide bonds. The SMILES string of the molecule is CNc1nc(C(C)C)nc(N2CCNC(=O)C2)c1C. The maximum Gasteiger partial charge on any atom is 0.239 e. The average Bonchev–Trinajstić information content (AvgIpc) is 2.38. The fourth-order valence-electron chi connectivity index (χ4n) is 2.15. The summed E-state index contributed by atoms with van der Waals surface area (Å²) in [7, 11) is 1.85. The molecule has 0 aliphatic carbocycles. The number of rotatable bonds is 3. The van der Waals surface area contributed by atoms with Crippen LogP contribution in [-0.4, -0.2) is 42.6 Å². The predicted octanol–water partition coefficient (Wildman–Crippen LogP) is 0.886. The van der Waals surface area contributed by atoms with Crippen LogP contribution in [0.2, 0.25) is 0 Å². The van der Waals surface area contributed by atoms with E-state index in [4.69, 9.17) is 0 Å². The highest BCUT2D eigenvalue weighted by Crippen LogP contribution is 2.26. The van der Waals surface area contributed by atoms with Gasteiger partial charge in [0.25, 0.3) is 0 Å². The Labute approximate surface area is 113 Å². The lowest BCUT2D eigenvalue weighted by molar-refractivity contribution is -0.120. The van der Waals surface area contributed by atoms with E-state index in [9.17, 15) is 4.79 Å². The van der Waals surface area contributed by atoms with Crippen LogP contribution in [0.1, 0.15) is 31.2 Å². The molecule has 19 heavy (non-hydrogen) atoms. The minimum absolute atomic E-state index is 0.0429. The van der Waals surface area contributed by atoms with Gasteiger partial charge in [0.15, 0.2) is 0 Å². The molecule has 2 rings (SSSR count). The van der Waals surface area contributed by atoms with E-state index in [0.717, 1.165) is 29.6 Å². The maximum atomic E-state index is 11.5. The Bertz CT molecular complexity index is 486. The smallest absolute Gasteiger partial charge is 0.239 e. The number of nitrogens with one attached hydrogen (secondary N) is 2. The van der Waals surface area contributed by atoms with E-state index >= 15 is 0 Å². The van der Waals surface area contributed by atoms with Gasteiger partial charge < -0.3 is 15.5 Å². The molecular weight excluding hydrogens is 242 g/mol. The zero-order valence-electron chi connectivity index (χ0n) is 11.9. The first-order chi connectivity index (χ1) is 9.02. The van der Waals surface area contributed by atoms with Crippen molar-refractivity contribution in [2.45, 2.75) is 26.7 Å². The largest absolute Gasteiger partial charge is 0.373 e. The second-order valence-corrected chi connectivity index (χ2v) is 5.06. The lowest BCUT2D eigenvalue weighted by Crippen LogP contribution is -2.48. The molecule has 1 aromatic rings. The van der Waals surface area contributed by atoms with E-state index in [2.05, 4.69) is 34.4 Å². The number of carbonyl (C=O) groups is 1. The third-order valence-corrected chi connectivity index (χ3v) is 3.23. The van der Waals surface area contributed by atoms with E-state index in [1.54, 1.807) is 0 Å². The van der Waals surface area contributed by atoms with Crippen LogP contribution in [-0.2, 0) is 4.79 Å². The van der Waals surface area contributed by atoms with Gasteiger partial charge in [-0.25, -0.2) is 9.97 Å². The van der Waals surface area contributed by atoms with Gasteiger partial charge >= 0.3 is 0 Å². The second-order valence-electron chi connectivity index (χ2n) is 5.06. The Balaban J connectivity index is 2.42. The highest BCUT2D eigenvalue weighted by atomic mass is 16.2. The third kappa shape index (κ3) is 2.77. The summed E-state index contributed by atoms with van der Waals surface area (Å²) in [6, 6.07) is 0. The molecule has 0 atom stereocenters. The van der Waals surface area contributed by atoms with Crippen molar-refractivity contribution in [3.05, 3.63) is 11.4 Å². The van der Waals surface area contributed by atoms with Gasteiger partial charge in [0.2, 0.25) is 5.91 Å². The first-order valence-electron chi connectivity index (χ1n) is 6.61. The molecule has 1 saturated heterocycles. The van der Waals surface area contributed by atoms with Crippen LogP contribution in [0.3, 0.4) is 0 Å². The van der Waals surface area contributed by atoms with E-state index in [-0.39, 0.29) is 11.8 Å². The number of hydrogen-bond acceptors (Lipinski definition) is 5. The number of anilines is 2. The molecule has 1 aliphatic rings. The third-order valence-electron chi connectivity index (χ3n) is 3.23. The van der Waals surface area contributed by atoms with Gasteiger partial charge in [0, 0.05) is 31.6 Å². The fraction of sp³-hybridized carbons (Fsp3) is 0.615. The number of carbonyl (C=O) groups excluding carboxylic acids is 1. The summed E-state index contributed by atoms with van der Waals surface area (Å²) < 4.78 is 0. The summed E-state index contributed by atoms with van der Waals surface area (Å²) in [5.41, 5.74) is 0.988.